The lowest BCUT2D eigenvalue weighted by molar-refractivity contribution is 0.183. The molecule has 0 saturated carbocycles. The van der Waals surface area contributed by atoms with Crippen molar-refractivity contribution in [3.05, 3.63) is 70.7 Å². The summed E-state index contributed by atoms with van der Waals surface area (Å²) in [6.07, 6.45) is 2.07. The molecule has 2 aromatic heterocycles. The van der Waals surface area contributed by atoms with Gasteiger partial charge >= 0.3 is 6.03 Å². The van der Waals surface area contributed by atoms with E-state index in [1.54, 1.807) is 18.4 Å². The number of rotatable bonds is 3. The van der Waals surface area contributed by atoms with Crippen molar-refractivity contribution in [2.45, 2.75) is 12.6 Å². The number of para-hydroxylation sites is 2. The first-order chi connectivity index (χ1) is 12.3. The number of hydrogen-bond donors (Lipinski definition) is 1. The van der Waals surface area contributed by atoms with Crippen LogP contribution in [0.4, 0.5) is 10.5 Å². The summed E-state index contributed by atoms with van der Waals surface area (Å²) in [5.74, 6) is 0.656. The van der Waals surface area contributed by atoms with Gasteiger partial charge < -0.3 is 19.5 Å². The zero-order chi connectivity index (χ0) is 17.2. The molecule has 1 aliphatic rings. The minimum atomic E-state index is -0.115. The Morgan fingerprint density at radius 3 is 2.84 bits per heavy atom. The molecule has 3 heterocycles. The number of methoxy groups -OCH3 is 1. The molecule has 1 aromatic carbocycles. The summed E-state index contributed by atoms with van der Waals surface area (Å²) in [5.41, 5.74) is 1.82. The molecule has 6 heteroatoms. The number of anilines is 1. The first kappa shape index (κ1) is 15.8. The van der Waals surface area contributed by atoms with Crippen LogP contribution in [0.5, 0.6) is 5.75 Å². The number of hydrogen-bond acceptors (Lipinski definition) is 3. The van der Waals surface area contributed by atoms with E-state index >= 15 is 0 Å². The molecule has 128 valence electrons. The first-order valence-corrected chi connectivity index (χ1v) is 9.05. The molecule has 0 bridgehead atoms. The number of benzene rings is 1. The van der Waals surface area contributed by atoms with Gasteiger partial charge in [-0.2, -0.15) is 0 Å². The van der Waals surface area contributed by atoms with Gasteiger partial charge in [-0.15, -0.1) is 11.3 Å². The van der Waals surface area contributed by atoms with E-state index < -0.39 is 0 Å². The Morgan fingerprint density at radius 1 is 1.16 bits per heavy atom. The smallest absolute Gasteiger partial charge is 0.322 e. The van der Waals surface area contributed by atoms with Crippen molar-refractivity contribution < 1.29 is 9.53 Å². The number of fused-ring (bicyclic) bond motifs is 1. The molecule has 3 aromatic rings. The highest BCUT2D eigenvalue weighted by Gasteiger charge is 2.33. The van der Waals surface area contributed by atoms with E-state index in [1.807, 2.05) is 46.7 Å². The Morgan fingerprint density at radius 2 is 2.04 bits per heavy atom. The highest BCUT2D eigenvalue weighted by atomic mass is 32.1. The van der Waals surface area contributed by atoms with Crippen molar-refractivity contribution in [1.29, 1.82) is 0 Å². The number of nitrogens with zero attached hydrogens (tertiary/aromatic N) is 2. The maximum absolute atomic E-state index is 13.0. The third-order valence-electron chi connectivity index (χ3n) is 4.46. The van der Waals surface area contributed by atoms with Gasteiger partial charge in [0.25, 0.3) is 0 Å². The standard InChI is InChI=1S/C19H19N3O2S/c1-24-16-8-3-2-6-14(16)20-19(23)22-12-11-21-10-4-7-15(21)18(22)17-9-5-13-25-17/h2-10,13,18H,11-12H2,1H3,(H,20,23)/t18-/m1/s1. The zero-order valence-electron chi connectivity index (χ0n) is 13.9. The van der Waals surface area contributed by atoms with Crippen molar-refractivity contribution in [1.82, 2.24) is 9.47 Å². The summed E-state index contributed by atoms with van der Waals surface area (Å²) in [6, 6.07) is 15.5. The number of nitrogens with one attached hydrogen (secondary N) is 1. The number of carbonyl (C=O) groups is 1. The first-order valence-electron chi connectivity index (χ1n) is 8.17. The van der Waals surface area contributed by atoms with Crippen LogP contribution in [-0.2, 0) is 6.54 Å². The molecular formula is C19H19N3O2S. The van der Waals surface area contributed by atoms with Gasteiger partial charge in [0.15, 0.2) is 0 Å². The molecule has 4 rings (SSSR count). The molecule has 1 aliphatic heterocycles. The number of thiophene rings is 1. The van der Waals surface area contributed by atoms with Gasteiger partial charge in [-0.05, 0) is 35.7 Å². The van der Waals surface area contributed by atoms with Crippen molar-refractivity contribution in [3.63, 3.8) is 0 Å². The number of amides is 2. The van der Waals surface area contributed by atoms with Crippen molar-refractivity contribution in [2.24, 2.45) is 0 Å². The predicted octanol–water partition coefficient (Wildman–Crippen LogP) is 4.20. The highest BCUT2D eigenvalue weighted by molar-refractivity contribution is 7.10. The fourth-order valence-corrected chi connectivity index (χ4v) is 4.13. The van der Waals surface area contributed by atoms with E-state index in [9.17, 15) is 4.79 Å². The lowest BCUT2D eigenvalue weighted by Gasteiger charge is -2.36. The summed E-state index contributed by atoms with van der Waals surface area (Å²) in [4.78, 5) is 16.1. The lowest BCUT2D eigenvalue weighted by Crippen LogP contribution is -2.44. The van der Waals surface area contributed by atoms with Crippen LogP contribution >= 0.6 is 11.3 Å². The highest BCUT2D eigenvalue weighted by Crippen LogP contribution is 2.35. The molecular weight excluding hydrogens is 334 g/mol. The fourth-order valence-electron chi connectivity index (χ4n) is 3.28. The van der Waals surface area contributed by atoms with Gasteiger partial charge in [-0.3, -0.25) is 0 Å². The van der Waals surface area contributed by atoms with Gasteiger partial charge in [0.05, 0.1) is 12.8 Å². The van der Waals surface area contributed by atoms with Gasteiger partial charge in [0.2, 0.25) is 0 Å². The molecule has 1 atom stereocenters. The lowest BCUT2D eigenvalue weighted by atomic mass is 10.1. The summed E-state index contributed by atoms with van der Waals surface area (Å²) in [6.45, 7) is 1.45. The quantitative estimate of drug-likeness (QED) is 0.767. The van der Waals surface area contributed by atoms with Crippen molar-refractivity contribution in [3.8, 4) is 5.75 Å². The largest absolute Gasteiger partial charge is 0.495 e. The Bertz CT molecular complexity index is 872. The van der Waals surface area contributed by atoms with Crippen LogP contribution in [0, 0.1) is 0 Å². The minimum absolute atomic E-state index is 0.0709. The maximum atomic E-state index is 13.0. The van der Waals surface area contributed by atoms with E-state index in [0.717, 1.165) is 17.1 Å². The second-order valence-corrected chi connectivity index (χ2v) is 6.85. The molecule has 0 unspecified atom stereocenters. The topological polar surface area (TPSA) is 46.5 Å². The maximum Gasteiger partial charge on any atom is 0.322 e. The number of aromatic nitrogens is 1. The van der Waals surface area contributed by atoms with Crippen LogP contribution in [0.2, 0.25) is 0 Å². The Kier molecular flexibility index (Phi) is 4.19. The normalized spacial score (nSPS) is 16.4. The molecule has 0 aliphatic carbocycles. The summed E-state index contributed by atoms with van der Waals surface area (Å²) in [7, 11) is 1.60. The molecule has 0 fully saturated rings. The molecule has 0 radical (unpaired) electrons. The third-order valence-corrected chi connectivity index (χ3v) is 5.39. The van der Waals surface area contributed by atoms with Crippen LogP contribution in [0.1, 0.15) is 16.6 Å². The predicted molar refractivity (Wildman–Crippen MR) is 99.3 cm³/mol. The van der Waals surface area contributed by atoms with Gasteiger partial charge in [-0.1, -0.05) is 18.2 Å². The monoisotopic (exact) mass is 353 g/mol. The van der Waals surface area contributed by atoms with Gasteiger partial charge in [0.1, 0.15) is 11.8 Å². The van der Waals surface area contributed by atoms with Crippen LogP contribution in [-0.4, -0.2) is 29.2 Å². The Labute approximate surface area is 150 Å². The summed E-state index contributed by atoms with van der Waals surface area (Å²) in [5, 5.41) is 5.05. The average Bonchev–Trinajstić information content (AvgIpc) is 3.32. The zero-order valence-corrected chi connectivity index (χ0v) is 14.7. The van der Waals surface area contributed by atoms with Crippen molar-refractivity contribution >= 4 is 23.1 Å². The second kappa shape index (κ2) is 6.64. The van der Waals surface area contributed by atoms with Crippen LogP contribution in [0.15, 0.2) is 60.1 Å². The fraction of sp³-hybridized carbons (Fsp3) is 0.211. The van der Waals surface area contributed by atoms with E-state index in [2.05, 4.69) is 28.2 Å². The molecule has 0 spiro atoms. The number of ether oxygens (including phenoxy) is 1. The third kappa shape index (κ3) is 2.89. The average molecular weight is 353 g/mol. The number of carbonyl (C=O) groups excluding carboxylic acids is 1. The molecule has 5 nitrogen and oxygen atoms in total. The van der Waals surface area contributed by atoms with Gasteiger partial charge in [-0.25, -0.2) is 4.79 Å². The van der Waals surface area contributed by atoms with Crippen LogP contribution in [0.25, 0.3) is 0 Å². The van der Waals surface area contributed by atoms with E-state index in [4.69, 9.17) is 4.74 Å². The SMILES string of the molecule is COc1ccccc1NC(=O)N1CCn2cccc2[C@@H]1c1cccs1. The van der Waals surface area contributed by atoms with Gasteiger partial charge in [0, 0.05) is 29.9 Å². The molecule has 1 N–H and O–H groups in total. The summed E-state index contributed by atoms with van der Waals surface area (Å²) < 4.78 is 7.56. The van der Waals surface area contributed by atoms with Crippen LogP contribution < -0.4 is 10.1 Å². The second-order valence-electron chi connectivity index (χ2n) is 5.87. The molecule has 2 amide bonds. The van der Waals surface area contributed by atoms with Crippen molar-refractivity contribution in [2.75, 3.05) is 19.0 Å². The Hall–Kier alpha value is -2.73. The van der Waals surface area contributed by atoms with E-state index in [0.29, 0.717) is 18.0 Å². The van der Waals surface area contributed by atoms with Crippen LogP contribution in [0.3, 0.4) is 0 Å². The molecule has 0 saturated heterocycles. The minimum Gasteiger partial charge on any atom is -0.495 e. The Balaban J connectivity index is 1.65. The molecule has 25 heavy (non-hydrogen) atoms. The number of urea groups is 1. The van der Waals surface area contributed by atoms with E-state index in [1.165, 1.54) is 0 Å². The van der Waals surface area contributed by atoms with E-state index in [-0.39, 0.29) is 12.1 Å². The summed E-state index contributed by atoms with van der Waals surface area (Å²) >= 11 is 1.67.